The predicted octanol–water partition coefficient (Wildman–Crippen LogP) is 6.97. The third-order valence-corrected chi connectivity index (χ3v) is 11.8. The first kappa shape index (κ1) is 42.3. The molecule has 4 heterocycles. The minimum atomic E-state index is -5.60. The quantitative estimate of drug-likeness (QED) is 0.0902. The van der Waals surface area contributed by atoms with E-state index in [0.29, 0.717) is 22.9 Å². The molecule has 3 amide bonds. The lowest BCUT2D eigenvalue weighted by atomic mass is 9.94. The number of thiophene rings is 1. The Bertz CT molecular complexity index is 2050. The molecular weight excluding hydrogens is 760 g/mol. The summed E-state index contributed by atoms with van der Waals surface area (Å²) in [6, 6.07) is 29.9. The molecule has 3 aromatic carbocycles. The van der Waals surface area contributed by atoms with E-state index < -0.39 is 24.7 Å². The summed E-state index contributed by atoms with van der Waals surface area (Å²) in [4.78, 5) is 61.2. The molecule has 2 saturated heterocycles. The van der Waals surface area contributed by atoms with Crippen molar-refractivity contribution >= 4 is 47.2 Å². The van der Waals surface area contributed by atoms with Crippen LogP contribution < -0.4 is 5.73 Å². The number of amides is 3. The van der Waals surface area contributed by atoms with E-state index in [4.69, 9.17) is 15.5 Å². The number of primary amides is 1. The van der Waals surface area contributed by atoms with Gasteiger partial charge in [-0.15, -0.1) is 11.3 Å². The summed E-state index contributed by atoms with van der Waals surface area (Å²) in [6.45, 7) is 4.50. The second kappa shape index (κ2) is 19.3. The van der Waals surface area contributed by atoms with Gasteiger partial charge in [0.2, 0.25) is 12.3 Å². The van der Waals surface area contributed by atoms with Crippen molar-refractivity contribution in [2.24, 2.45) is 5.73 Å². The number of hydrogen-bond donors (Lipinski definition) is 3. The molecular formula is C41H46F2N5O6PS. The summed E-state index contributed by atoms with van der Waals surface area (Å²) in [5, 5.41) is 0.282. The van der Waals surface area contributed by atoms with Gasteiger partial charge in [0.1, 0.15) is 0 Å². The minimum Gasteiger partial charge on any atom is -0.365 e. The highest BCUT2D eigenvalue weighted by Gasteiger charge is 2.50. The van der Waals surface area contributed by atoms with Crippen molar-refractivity contribution in [3.63, 3.8) is 0 Å². The van der Waals surface area contributed by atoms with Gasteiger partial charge in [0, 0.05) is 61.2 Å². The Kier molecular flexibility index (Phi) is 14.6. The van der Waals surface area contributed by atoms with Gasteiger partial charge in [0.15, 0.2) is 0 Å². The van der Waals surface area contributed by atoms with Gasteiger partial charge in [0.25, 0.3) is 5.91 Å². The number of hydrogen-bond acceptors (Lipinski definition) is 7. The van der Waals surface area contributed by atoms with Crippen LogP contribution in [0.1, 0.15) is 69.6 Å². The topological polar surface area (TPSA) is 157 Å². The molecule has 0 unspecified atom stereocenters. The van der Waals surface area contributed by atoms with Gasteiger partial charge < -0.3 is 25.3 Å². The minimum absolute atomic E-state index is 0.187. The highest BCUT2D eigenvalue weighted by molar-refractivity contribution is 7.52. The number of likely N-dealkylation sites (tertiary alicyclic amines) is 2. The summed E-state index contributed by atoms with van der Waals surface area (Å²) in [5.74, 6) is 0.135. The fraction of sp³-hybridized carbons (Fsp3) is 0.317. The summed E-state index contributed by atoms with van der Waals surface area (Å²) in [5.41, 5.74) is 3.82. The van der Waals surface area contributed by atoms with Crippen molar-refractivity contribution in [2.45, 2.75) is 43.3 Å². The molecule has 11 nitrogen and oxygen atoms in total. The molecule has 2 aliphatic rings. The van der Waals surface area contributed by atoms with Crippen LogP contribution in [0.5, 0.6) is 0 Å². The Balaban J connectivity index is 0.000000171. The van der Waals surface area contributed by atoms with Crippen LogP contribution in [0.4, 0.5) is 8.78 Å². The smallest absolute Gasteiger partial charge is 0.365 e. The number of nitrogens with two attached hydrogens (primary N) is 1. The van der Waals surface area contributed by atoms with Gasteiger partial charge in [-0.25, -0.2) is 0 Å². The van der Waals surface area contributed by atoms with Crippen molar-refractivity contribution in [3.8, 4) is 0 Å². The van der Waals surface area contributed by atoms with Gasteiger partial charge >= 0.3 is 13.3 Å². The molecule has 7 rings (SSSR count). The Hall–Kier alpha value is -4.85. The summed E-state index contributed by atoms with van der Waals surface area (Å²) >= 11 is 1.02. The van der Waals surface area contributed by atoms with E-state index in [1.165, 1.54) is 28.8 Å². The molecule has 0 atom stereocenters. The molecule has 56 heavy (non-hydrogen) atoms. The Labute approximate surface area is 328 Å². The standard InChI is InChI=1S/C22H28N2O.C10H8F2NO4PS.C9H10N2O/c1-23(16-10-15-21(25)24-17-8-9-18-24)22(19-11-4-2-5-12-19)20-13-6-3-7-14-20;11-10(12,18(15,16)17)6-1-2-7-5(3-6)4-8(19-7)9(13)14;12-7-11-5-9(6-11)8-2-1-3-10-4-8/h2-7,11-14,22H,8-10,15-18H2,1H3;1-4H,(H2,13,14)(H2,15,16,17);1-4,7,9H,5-6H2. The van der Waals surface area contributed by atoms with E-state index in [9.17, 15) is 27.7 Å². The van der Waals surface area contributed by atoms with Crippen molar-refractivity contribution in [1.82, 2.24) is 19.7 Å². The summed E-state index contributed by atoms with van der Waals surface area (Å²) in [7, 11) is -3.44. The highest BCUT2D eigenvalue weighted by Crippen LogP contribution is 2.59. The van der Waals surface area contributed by atoms with Crippen LogP contribution in [0.3, 0.4) is 0 Å². The number of nitrogens with zero attached hydrogens (tertiary/aromatic N) is 4. The molecule has 0 saturated carbocycles. The highest BCUT2D eigenvalue weighted by atomic mass is 32.1. The SMILES string of the molecule is CN(CCCC(=O)N1CCCC1)C(c1ccccc1)c1ccccc1.NC(=O)c1cc2cc(C(F)(F)P(=O)(O)O)ccc2s1.O=CN1CC(c2cccnc2)C1. The zero-order valence-corrected chi connectivity index (χ0v) is 32.7. The average molecular weight is 806 g/mol. The van der Waals surface area contributed by atoms with E-state index in [1.807, 2.05) is 17.2 Å². The lowest BCUT2D eigenvalue weighted by Gasteiger charge is -2.36. The Morgan fingerprint density at radius 1 is 0.982 bits per heavy atom. The maximum absolute atomic E-state index is 13.5. The van der Waals surface area contributed by atoms with Crippen molar-refractivity contribution in [3.05, 3.63) is 137 Å². The number of carbonyl (C=O) groups is 3. The second-order valence-electron chi connectivity index (χ2n) is 13.8. The molecule has 2 aliphatic heterocycles. The summed E-state index contributed by atoms with van der Waals surface area (Å²) < 4.78 is 38.3. The Morgan fingerprint density at radius 3 is 2.14 bits per heavy atom. The molecule has 0 aliphatic carbocycles. The van der Waals surface area contributed by atoms with Crippen LogP contribution in [-0.4, -0.2) is 87.5 Å². The number of carbonyl (C=O) groups excluding carboxylic acids is 3. The van der Waals surface area contributed by atoms with E-state index in [1.54, 1.807) is 11.1 Å². The molecule has 0 bridgehead atoms. The second-order valence-corrected chi connectivity index (χ2v) is 16.5. The van der Waals surface area contributed by atoms with E-state index in [0.717, 1.165) is 81.9 Å². The summed E-state index contributed by atoms with van der Waals surface area (Å²) in [6.07, 6.45) is 8.41. The predicted molar refractivity (Wildman–Crippen MR) is 213 cm³/mol. The number of halogens is 2. The number of aromatic nitrogens is 1. The fourth-order valence-corrected chi connectivity index (χ4v) is 8.02. The van der Waals surface area contributed by atoms with Crippen LogP contribution in [0.25, 0.3) is 10.1 Å². The first-order chi connectivity index (χ1) is 26.8. The molecule has 2 aromatic heterocycles. The van der Waals surface area contributed by atoms with Crippen molar-refractivity contribution < 1.29 is 37.5 Å². The molecule has 0 radical (unpaired) electrons. The number of rotatable bonds is 12. The lowest BCUT2D eigenvalue weighted by Crippen LogP contribution is -2.43. The van der Waals surface area contributed by atoms with Crippen LogP contribution in [0.15, 0.2) is 109 Å². The molecule has 0 spiro atoms. The third kappa shape index (κ3) is 10.9. The van der Waals surface area contributed by atoms with Gasteiger partial charge in [-0.3, -0.25) is 28.8 Å². The van der Waals surface area contributed by atoms with Gasteiger partial charge in [-0.1, -0.05) is 72.8 Å². The normalized spacial score (nSPS) is 14.5. The van der Waals surface area contributed by atoms with Gasteiger partial charge in [0.05, 0.1) is 10.9 Å². The number of benzene rings is 3. The molecule has 5 aromatic rings. The van der Waals surface area contributed by atoms with Crippen LogP contribution >= 0.6 is 18.9 Å². The van der Waals surface area contributed by atoms with E-state index in [-0.39, 0.29) is 16.3 Å². The van der Waals surface area contributed by atoms with Crippen LogP contribution in [0, 0.1) is 0 Å². The molecule has 2 fully saturated rings. The van der Waals surface area contributed by atoms with Gasteiger partial charge in [-0.2, -0.15) is 8.78 Å². The number of fused-ring (bicyclic) bond motifs is 1. The van der Waals surface area contributed by atoms with Crippen molar-refractivity contribution in [1.29, 1.82) is 0 Å². The fourth-order valence-electron chi connectivity index (χ4n) is 6.65. The largest absolute Gasteiger partial charge is 0.399 e. The monoisotopic (exact) mass is 805 g/mol. The first-order valence-corrected chi connectivity index (χ1v) is 20.7. The molecule has 4 N–H and O–H groups in total. The Morgan fingerprint density at radius 2 is 1.61 bits per heavy atom. The number of alkyl halides is 2. The van der Waals surface area contributed by atoms with Crippen LogP contribution in [-0.2, 0) is 19.8 Å². The van der Waals surface area contributed by atoms with Crippen LogP contribution in [0.2, 0.25) is 0 Å². The van der Waals surface area contributed by atoms with Crippen molar-refractivity contribution in [2.75, 3.05) is 39.8 Å². The van der Waals surface area contributed by atoms with E-state index >= 15 is 0 Å². The van der Waals surface area contributed by atoms with E-state index in [2.05, 4.69) is 83.7 Å². The zero-order chi connectivity index (χ0) is 40.3. The lowest BCUT2D eigenvalue weighted by molar-refractivity contribution is -0.130. The number of pyridine rings is 1. The first-order valence-electron chi connectivity index (χ1n) is 18.2. The maximum atomic E-state index is 13.5. The molecule has 15 heteroatoms. The van der Waals surface area contributed by atoms with Gasteiger partial charge in [-0.05, 0) is 79.2 Å². The maximum Gasteiger partial charge on any atom is 0.399 e. The zero-order valence-electron chi connectivity index (χ0n) is 31.0. The third-order valence-electron chi connectivity index (χ3n) is 9.72. The molecule has 296 valence electrons. The average Bonchev–Trinajstić information content (AvgIpc) is 3.87.